The number of carbonyl (C=O) groups excluding carboxylic acids is 1. The van der Waals surface area contributed by atoms with Gasteiger partial charge in [0, 0.05) is 6.61 Å². The molecule has 0 aliphatic heterocycles. The normalized spacial score (nSPS) is 12.5. The maximum Gasteiger partial charge on any atom is 0.343 e. The molecule has 0 saturated carbocycles. The van der Waals surface area contributed by atoms with Crippen molar-refractivity contribution in [2.45, 2.75) is 232 Å². The van der Waals surface area contributed by atoms with Crippen LogP contribution in [0.2, 0.25) is 0 Å². The van der Waals surface area contributed by atoms with Crippen molar-refractivity contribution in [2.75, 3.05) is 6.61 Å². The lowest BCUT2D eigenvalue weighted by Crippen LogP contribution is -2.08. The molecular weight excluding hydrogens is 721 g/mol. The molecule has 0 spiro atoms. The summed E-state index contributed by atoms with van der Waals surface area (Å²) in [5.74, 6) is 0.864. The molecule has 0 aliphatic carbocycles. The Morgan fingerprint density at radius 1 is 0.424 bits per heavy atom. The predicted molar refractivity (Wildman–Crippen MR) is 256 cm³/mol. The van der Waals surface area contributed by atoms with Gasteiger partial charge in [-0.15, -0.1) is 0 Å². The molecule has 3 aromatic carbocycles. The zero-order valence-corrected chi connectivity index (χ0v) is 38.7. The molecule has 0 aliphatic rings. The second kappa shape index (κ2) is 33.8. The summed E-state index contributed by atoms with van der Waals surface area (Å²) >= 11 is 0. The molecule has 3 aromatic rings. The van der Waals surface area contributed by atoms with Crippen molar-refractivity contribution in [1.82, 2.24) is 0 Å². The van der Waals surface area contributed by atoms with Gasteiger partial charge in [0.15, 0.2) is 0 Å². The Morgan fingerprint density at radius 2 is 0.814 bits per heavy atom. The van der Waals surface area contributed by atoms with Crippen molar-refractivity contribution >= 4 is 5.97 Å². The summed E-state index contributed by atoms with van der Waals surface area (Å²) < 4.78 is 12.0. The Kier molecular flexibility index (Phi) is 28.9. The van der Waals surface area contributed by atoms with E-state index in [-0.39, 0.29) is 12.1 Å². The summed E-state index contributed by atoms with van der Waals surface area (Å²) in [7, 11) is 0. The van der Waals surface area contributed by atoms with E-state index in [1.807, 2.05) is 36.4 Å². The summed E-state index contributed by atoms with van der Waals surface area (Å²) in [6.07, 6.45) is 41.1. The Hall–Kier alpha value is -2.91. The van der Waals surface area contributed by atoms with Crippen LogP contribution >= 0.6 is 0 Å². The molecule has 2 unspecified atom stereocenters. The fraction of sp³-hybridized carbons (Fsp3) is 0.661. The third-order valence-electron chi connectivity index (χ3n) is 12.6. The molecular formula is C56H88O3. The summed E-state index contributed by atoms with van der Waals surface area (Å²) in [6, 6.07) is 24.7. The molecule has 0 bridgehead atoms. The van der Waals surface area contributed by atoms with Crippen LogP contribution in [0.15, 0.2) is 72.8 Å². The maximum absolute atomic E-state index is 13.0. The summed E-state index contributed by atoms with van der Waals surface area (Å²) in [5.41, 5.74) is 5.34. The predicted octanol–water partition coefficient (Wildman–Crippen LogP) is 18.5. The average Bonchev–Trinajstić information content (AvgIpc) is 3.26. The van der Waals surface area contributed by atoms with Crippen molar-refractivity contribution in [2.24, 2.45) is 0 Å². The molecule has 0 fully saturated rings. The molecule has 0 radical (unpaired) electrons. The Morgan fingerprint density at radius 3 is 1.25 bits per heavy atom. The van der Waals surface area contributed by atoms with E-state index in [2.05, 4.69) is 64.1 Å². The van der Waals surface area contributed by atoms with Crippen LogP contribution in [0.1, 0.15) is 254 Å². The van der Waals surface area contributed by atoms with Gasteiger partial charge >= 0.3 is 5.97 Å². The van der Waals surface area contributed by atoms with Crippen molar-refractivity contribution in [3.8, 4) is 16.9 Å². The molecule has 0 N–H and O–H groups in total. The van der Waals surface area contributed by atoms with Gasteiger partial charge in [0.25, 0.3) is 0 Å². The molecule has 3 heteroatoms. The van der Waals surface area contributed by atoms with Crippen LogP contribution in [0.5, 0.6) is 5.75 Å². The van der Waals surface area contributed by atoms with E-state index in [0.717, 1.165) is 24.2 Å². The van der Waals surface area contributed by atoms with Gasteiger partial charge in [-0.1, -0.05) is 243 Å². The van der Waals surface area contributed by atoms with Crippen LogP contribution in [-0.2, 0) is 4.74 Å². The number of hydrogen-bond donors (Lipinski definition) is 0. The lowest BCUT2D eigenvalue weighted by molar-refractivity contribution is 0.0627. The molecule has 0 amide bonds. The second-order valence-corrected chi connectivity index (χ2v) is 17.8. The van der Waals surface area contributed by atoms with Crippen molar-refractivity contribution in [1.29, 1.82) is 0 Å². The largest absolute Gasteiger partial charge is 0.423 e. The minimum absolute atomic E-state index is 0.0818. The molecule has 2 atom stereocenters. The van der Waals surface area contributed by atoms with Crippen molar-refractivity contribution in [3.63, 3.8) is 0 Å². The van der Waals surface area contributed by atoms with E-state index in [4.69, 9.17) is 9.47 Å². The average molecular weight is 809 g/mol. The Balaban J connectivity index is 1.26. The quantitative estimate of drug-likeness (QED) is 0.0331. The summed E-state index contributed by atoms with van der Waals surface area (Å²) in [4.78, 5) is 13.0. The maximum atomic E-state index is 13.0. The molecule has 0 heterocycles. The lowest BCUT2D eigenvalue weighted by Gasteiger charge is -2.17. The standard InChI is InChI=1S/C56H88O3/c1-5-8-10-12-14-16-17-18-19-20-21-22-23-24-26-28-30-32-47-58-48(4)49-35-37-51(38-36-49)52-39-41-54(42-40-52)56(57)59-55-45-43-53(44-46-55)50(33-7-3)34-31-29-27-25-15-13-11-9-6-2/h35-46,48,50H,5-34,47H2,1-4H3. The third-order valence-corrected chi connectivity index (χ3v) is 12.6. The third kappa shape index (κ3) is 23.0. The first kappa shape index (κ1) is 50.4. The topological polar surface area (TPSA) is 35.5 Å². The Labute approximate surface area is 364 Å². The second-order valence-electron chi connectivity index (χ2n) is 17.8. The zero-order chi connectivity index (χ0) is 42.0. The van der Waals surface area contributed by atoms with E-state index in [9.17, 15) is 4.79 Å². The molecule has 0 aromatic heterocycles. The molecule has 0 saturated heterocycles. The van der Waals surface area contributed by atoms with Gasteiger partial charge in [0.2, 0.25) is 0 Å². The number of esters is 1. The first-order chi connectivity index (χ1) is 29.0. The van der Waals surface area contributed by atoms with Gasteiger partial charge in [-0.3, -0.25) is 0 Å². The SMILES string of the molecule is CCCCCCCCCCCCCCCCCCCCOC(C)c1ccc(-c2ccc(C(=O)Oc3ccc(C(CCC)CCCCCCCCCCC)cc3)cc2)cc1. The van der Waals surface area contributed by atoms with Crippen molar-refractivity contribution in [3.05, 3.63) is 89.5 Å². The van der Waals surface area contributed by atoms with E-state index in [1.165, 1.54) is 197 Å². The highest BCUT2D eigenvalue weighted by Crippen LogP contribution is 2.30. The molecule has 330 valence electrons. The van der Waals surface area contributed by atoms with E-state index >= 15 is 0 Å². The van der Waals surface area contributed by atoms with Crippen LogP contribution in [-0.4, -0.2) is 12.6 Å². The van der Waals surface area contributed by atoms with Crippen LogP contribution in [0.3, 0.4) is 0 Å². The van der Waals surface area contributed by atoms with Gasteiger partial charge in [0.1, 0.15) is 5.75 Å². The number of hydrogen-bond acceptors (Lipinski definition) is 3. The van der Waals surface area contributed by atoms with Gasteiger partial charge in [0.05, 0.1) is 11.7 Å². The highest BCUT2D eigenvalue weighted by molar-refractivity contribution is 5.91. The van der Waals surface area contributed by atoms with Gasteiger partial charge in [-0.2, -0.15) is 0 Å². The van der Waals surface area contributed by atoms with Crippen LogP contribution in [0.25, 0.3) is 11.1 Å². The molecule has 59 heavy (non-hydrogen) atoms. The number of ether oxygens (including phenoxy) is 2. The van der Waals surface area contributed by atoms with E-state index in [0.29, 0.717) is 17.2 Å². The Bertz CT molecular complexity index is 1410. The van der Waals surface area contributed by atoms with Gasteiger partial charge < -0.3 is 9.47 Å². The van der Waals surface area contributed by atoms with E-state index in [1.54, 1.807) is 0 Å². The molecule has 3 nitrogen and oxygen atoms in total. The number of benzene rings is 3. The first-order valence-corrected chi connectivity index (χ1v) is 25.2. The number of rotatable bonds is 37. The smallest absolute Gasteiger partial charge is 0.343 e. The monoisotopic (exact) mass is 809 g/mol. The number of unbranched alkanes of at least 4 members (excludes halogenated alkanes) is 25. The lowest BCUT2D eigenvalue weighted by atomic mass is 9.89. The van der Waals surface area contributed by atoms with Gasteiger partial charge in [-0.05, 0) is 78.6 Å². The van der Waals surface area contributed by atoms with Crippen LogP contribution in [0, 0.1) is 0 Å². The van der Waals surface area contributed by atoms with Crippen LogP contribution in [0.4, 0.5) is 0 Å². The minimum Gasteiger partial charge on any atom is -0.423 e. The van der Waals surface area contributed by atoms with Crippen LogP contribution < -0.4 is 4.74 Å². The fourth-order valence-electron chi connectivity index (χ4n) is 8.61. The van der Waals surface area contributed by atoms with E-state index < -0.39 is 0 Å². The molecule has 3 rings (SSSR count). The number of carbonyl (C=O) groups is 1. The van der Waals surface area contributed by atoms with Crippen molar-refractivity contribution < 1.29 is 14.3 Å². The zero-order valence-electron chi connectivity index (χ0n) is 38.7. The highest BCUT2D eigenvalue weighted by Gasteiger charge is 2.14. The minimum atomic E-state index is -0.319. The fourth-order valence-corrected chi connectivity index (χ4v) is 8.61. The highest BCUT2D eigenvalue weighted by atomic mass is 16.5. The summed E-state index contributed by atoms with van der Waals surface area (Å²) in [5, 5.41) is 0. The van der Waals surface area contributed by atoms with Gasteiger partial charge in [-0.25, -0.2) is 4.79 Å². The first-order valence-electron chi connectivity index (χ1n) is 25.2. The summed E-state index contributed by atoms with van der Waals surface area (Å²) in [6.45, 7) is 9.83.